The summed E-state index contributed by atoms with van der Waals surface area (Å²) in [7, 11) is 0. The predicted octanol–water partition coefficient (Wildman–Crippen LogP) is 2.09. The Labute approximate surface area is 153 Å². The molecule has 1 aliphatic heterocycles. The molecular weight excluding hydrogens is 330 g/mol. The van der Waals surface area contributed by atoms with Crippen molar-refractivity contribution in [2.24, 2.45) is 5.92 Å². The Kier molecular flexibility index (Phi) is 4.80. The molecule has 4 rings (SSSR count). The Balaban J connectivity index is 1.34. The van der Waals surface area contributed by atoms with Crippen molar-refractivity contribution in [1.29, 1.82) is 0 Å². The molecule has 7 heteroatoms. The van der Waals surface area contributed by atoms with Gasteiger partial charge in [0.05, 0.1) is 5.69 Å². The highest BCUT2D eigenvalue weighted by Crippen LogP contribution is 2.40. The molecule has 26 heavy (non-hydrogen) atoms. The van der Waals surface area contributed by atoms with Gasteiger partial charge in [-0.05, 0) is 24.8 Å². The minimum atomic E-state index is -0.0291. The second kappa shape index (κ2) is 7.23. The first kappa shape index (κ1) is 17.3. The Morgan fingerprint density at radius 1 is 1.19 bits per heavy atom. The lowest BCUT2D eigenvalue weighted by Gasteiger charge is -2.35. The van der Waals surface area contributed by atoms with E-state index in [2.05, 4.69) is 40.0 Å². The van der Waals surface area contributed by atoms with Crippen molar-refractivity contribution in [3.05, 3.63) is 40.0 Å². The summed E-state index contributed by atoms with van der Waals surface area (Å²) in [6, 6.07) is 5.59. The third kappa shape index (κ3) is 3.98. The van der Waals surface area contributed by atoms with E-state index in [1.807, 2.05) is 6.07 Å². The second-order valence-corrected chi connectivity index (χ2v) is 7.86. The van der Waals surface area contributed by atoms with Gasteiger partial charge in [0.1, 0.15) is 11.6 Å². The quantitative estimate of drug-likeness (QED) is 0.789. The molecule has 140 valence electrons. The van der Waals surface area contributed by atoms with Gasteiger partial charge < -0.3 is 9.42 Å². The minimum absolute atomic E-state index is 0.0291. The van der Waals surface area contributed by atoms with Crippen LogP contribution in [0.5, 0.6) is 0 Å². The maximum atomic E-state index is 12.0. The van der Waals surface area contributed by atoms with E-state index in [9.17, 15) is 4.79 Å². The molecule has 7 nitrogen and oxygen atoms in total. The van der Waals surface area contributed by atoms with Gasteiger partial charge in [-0.1, -0.05) is 19.0 Å². The molecule has 1 saturated carbocycles. The molecule has 2 aliphatic rings. The highest BCUT2D eigenvalue weighted by atomic mass is 16.5. The van der Waals surface area contributed by atoms with Crippen LogP contribution in [-0.4, -0.2) is 46.0 Å². The zero-order chi connectivity index (χ0) is 18.1. The lowest BCUT2D eigenvalue weighted by Crippen LogP contribution is -2.46. The lowest BCUT2D eigenvalue weighted by atomic mass is 10.2. The van der Waals surface area contributed by atoms with E-state index < -0.39 is 0 Å². The monoisotopic (exact) mass is 357 g/mol. The first-order chi connectivity index (χ1) is 12.6. The van der Waals surface area contributed by atoms with E-state index in [0.717, 1.165) is 50.0 Å². The average molecular weight is 357 g/mol. The van der Waals surface area contributed by atoms with Crippen LogP contribution in [0, 0.1) is 5.92 Å². The van der Waals surface area contributed by atoms with E-state index >= 15 is 0 Å². The zero-order valence-electron chi connectivity index (χ0n) is 15.6. The van der Waals surface area contributed by atoms with Crippen molar-refractivity contribution in [3.8, 4) is 0 Å². The van der Waals surface area contributed by atoms with Gasteiger partial charge in [0.15, 0.2) is 0 Å². The first-order valence-electron chi connectivity index (χ1n) is 9.59. The van der Waals surface area contributed by atoms with E-state index in [0.29, 0.717) is 18.4 Å². The molecule has 2 aromatic heterocycles. The van der Waals surface area contributed by atoms with Crippen LogP contribution in [0.3, 0.4) is 0 Å². The van der Waals surface area contributed by atoms with Gasteiger partial charge in [-0.15, -0.1) is 0 Å². The van der Waals surface area contributed by atoms with Crippen LogP contribution in [0.15, 0.2) is 27.5 Å². The van der Waals surface area contributed by atoms with Crippen LogP contribution >= 0.6 is 0 Å². The van der Waals surface area contributed by atoms with Gasteiger partial charge in [-0.3, -0.25) is 9.69 Å². The summed E-state index contributed by atoms with van der Waals surface area (Å²) < 4.78 is 7.03. The zero-order valence-corrected chi connectivity index (χ0v) is 15.6. The fraction of sp³-hybridized carbons (Fsp3) is 0.632. The van der Waals surface area contributed by atoms with Crippen LogP contribution in [-0.2, 0) is 13.1 Å². The molecule has 0 amide bonds. The Hall–Kier alpha value is -2.15. The SMILES string of the molecule is CC(C)Cn1nc(N2CCN(Cc3cc(C4CC4)on3)CC2)ccc1=O. The Morgan fingerprint density at radius 3 is 2.65 bits per heavy atom. The average Bonchev–Trinajstić information content (AvgIpc) is 3.37. The highest BCUT2D eigenvalue weighted by Gasteiger charge is 2.28. The summed E-state index contributed by atoms with van der Waals surface area (Å²) >= 11 is 0. The van der Waals surface area contributed by atoms with Crippen molar-refractivity contribution >= 4 is 5.82 Å². The van der Waals surface area contributed by atoms with Gasteiger partial charge in [-0.2, -0.15) is 5.10 Å². The molecule has 0 N–H and O–H groups in total. The molecule has 3 heterocycles. The maximum Gasteiger partial charge on any atom is 0.266 e. The van der Waals surface area contributed by atoms with Crippen LogP contribution in [0.1, 0.15) is 44.1 Å². The molecule has 0 aromatic carbocycles. The molecule has 1 aliphatic carbocycles. The topological polar surface area (TPSA) is 67.4 Å². The van der Waals surface area contributed by atoms with Crippen LogP contribution < -0.4 is 10.5 Å². The lowest BCUT2D eigenvalue weighted by molar-refractivity contribution is 0.240. The fourth-order valence-electron chi connectivity index (χ4n) is 3.41. The Bertz CT molecular complexity index is 800. The van der Waals surface area contributed by atoms with Crippen molar-refractivity contribution in [3.63, 3.8) is 0 Å². The summed E-state index contributed by atoms with van der Waals surface area (Å²) in [5.41, 5.74) is 1.00. The van der Waals surface area contributed by atoms with Crippen molar-refractivity contribution < 1.29 is 4.52 Å². The van der Waals surface area contributed by atoms with Crippen LogP contribution in [0.25, 0.3) is 0 Å². The number of anilines is 1. The first-order valence-corrected chi connectivity index (χ1v) is 9.59. The molecule has 0 spiro atoms. The largest absolute Gasteiger partial charge is 0.361 e. The summed E-state index contributed by atoms with van der Waals surface area (Å²) in [5.74, 6) is 2.95. The van der Waals surface area contributed by atoms with Gasteiger partial charge in [0.2, 0.25) is 0 Å². The molecule has 2 fully saturated rings. The number of nitrogens with zero attached hydrogens (tertiary/aromatic N) is 5. The van der Waals surface area contributed by atoms with Gasteiger partial charge >= 0.3 is 0 Å². The van der Waals surface area contributed by atoms with E-state index in [1.165, 1.54) is 12.8 Å². The molecule has 0 atom stereocenters. The van der Waals surface area contributed by atoms with E-state index in [4.69, 9.17) is 4.52 Å². The van der Waals surface area contributed by atoms with Gasteiger partial charge in [0.25, 0.3) is 5.56 Å². The summed E-state index contributed by atoms with van der Waals surface area (Å²) in [4.78, 5) is 16.6. The minimum Gasteiger partial charge on any atom is -0.361 e. The highest BCUT2D eigenvalue weighted by molar-refractivity contribution is 5.37. The van der Waals surface area contributed by atoms with Crippen LogP contribution in [0.2, 0.25) is 0 Å². The number of aromatic nitrogens is 3. The maximum absolute atomic E-state index is 12.0. The fourth-order valence-corrected chi connectivity index (χ4v) is 3.41. The second-order valence-electron chi connectivity index (χ2n) is 7.86. The number of hydrogen-bond donors (Lipinski definition) is 0. The number of piperazine rings is 1. The standard InChI is InChI=1S/C19H27N5O2/c1-14(2)12-24-19(25)6-5-18(20-24)23-9-7-22(8-10-23)13-16-11-17(26-21-16)15-3-4-15/h5-6,11,14-15H,3-4,7-10,12-13H2,1-2H3. The third-order valence-electron chi connectivity index (χ3n) is 5.03. The molecule has 2 aromatic rings. The summed E-state index contributed by atoms with van der Waals surface area (Å²) in [5, 5.41) is 8.78. The van der Waals surface area contributed by atoms with Gasteiger partial charge in [0, 0.05) is 57.3 Å². The van der Waals surface area contributed by atoms with E-state index in [1.54, 1.807) is 10.7 Å². The number of hydrogen-bond acceptors (Lipinski definition) is 6. The molecule has 0 bridgehead atoms. The smallest absolute Gasteiger partial charge is 0.266 e. The van der Waals surface area contributed by atoms with Crippen LogP contribution in [0.4, 0.5) is 5.82 Å². The van der Waals surface area contributed by atoms with Crippen molar-refractivity contribution in [1.82, 2.24) is 19.8 Å². The predicted molar refractivity (Wildman–Crippen MR) is 99.3 cm³/mol. The van der Waals surface area contributed by atoms with Crippen molar-refractivity contribution in [2.75, 3.05) is 31.1 Å². The van der Waals surface area contributed by atoms with Gasteiger partial charge in [-0.25, -0.2) is 4.68 Å². The third-order valence-corrected chi connectivity index (χ3v) is 5.03. The molecule has 0 unspecified atom stereocenters. The molecule has 1 saturated heterocycles. The van der Waals surface area contributed by atoms with Crippen molar-refractivity contribution in [2.45, 2.75) is 45.7 Å². The number of rotatable bonds is 6. The summed E-state index contributed by atoms with van der Waals surface area (Å²) in [6.07, 6.45) is 2.47. The normalized spacial score (nSPS) is 18.7. The molecule has 0 radical (unpaired) electrons. The molecular formula is C19H27N5O2. The summed E-state index contributed by atoms with van der Waals surface area (Å²) in [6.45, 7) is 9.40. The van der Waals surface area contributed by atoms with E-state index in [-0.39, 0.29) is 5.56 Å². The Morgan fingerprint density at radius 2 is 1.96 bits per heavy atom.